The molecule has 1 aliphatic rings. The van der Waals surface area contributed by atoms with Gasteiger partial charge >= 0.3 is 0 Å². The van der Waals surface area contributed by atoms with Gasteiger partial charge in [-0.3, -0.25) is 9.59 Å². The number of fused-ring (bicyclic) bond motifs is 3. The van der Waals surface area contributed by atoms with Crippen LogP contribution >= 0.6 is 11.3 Å². The zero-order chi connectivity index (χ0) is 20.7. The molecule has 0 fully saturated rings. The number of carbonyl (C=O) groups excluding carboxylic acids is 2. The van der Waals surface area contributed by atoms with Crippen molar-refractivity contribution in [2.45, 2.75) is 13.0 Å². The maximum Gasteiger partial charge on any atom is 0.216 e. The molecule has 0 aliphatic heterocycles. The Balaban J connectivity index is 1.27. The van der Waals surface area contributed by atoms with Crippen LogP contribution in [0.1, 0.15) is 38.5 Å². The summed E-state index contributed by atoms with van der Waals surface area (Å²) in [6.07, 6.45) is 0.693. The molecule has 2 aromatic heterocycles. The third-order valence-electron chi connectivity index (χ3n) is 5.00. The number of aryl methyl sites for hydroxylation is 1. The largest absolute Gasteiger partial charge is 0.497 e. The zero-order valence-electron chi connectivity index (χ0n) is 16.1. The fourth-order valence-corrected chi connectivity index (χ4v) is 4.43. The molecule has 0 amide bonds. The van der Waals surface area contributed by atoms with Crippen LogP contribution in [0.5, 0.6) is 5.75 Å². The van der Waals surface area contributed by atoms with E-state index in [0.717, 1.165) is 21.1 Å². The number of methoxy groups -OCH3 is 1. The van der Waals surface area contributed by atoms with Gasteiger partial charge in [-0.25, -0.2) is 9.67 Å². The van der Waals surface area contributed by atoms with Crippen LogP contribution in [0.15, 0.2) is 42.5 Å². The minimum absolute atomic E-state index is 0.131. The van der Waals surface area contributed by atoms with Crippen molar-refractivity contribution in [2.75, 3.05) is 19.0 Å². The molecule has 0 atom stereocenters. The van der Waals surface area contributed by atoms with Gasteiger partial charge in [-0.1, -0.05) is 40.8 Å². The Bertz CT molecular complexity index is 1290. The zero-order valence-corrected chi connectivity index (χ0v) is 16.9. The third-order valence-corrected chi connectivity index (χ3v) is 5.98. The fraction of sp³-hybridized carbons (Fsp3) is 0.190. The fourth-order valence-electron chi connectivity index (χ4n) is 3.51. The number of ketones is 2. The molecule has 0 saturated heterocycles. The Hall–Kier alpha value is -3.59. The van der Waals surface area contributed by atoms with Gasteiger partial charge in [-0.15, -0.1) is 5.10 Å². The number of nitrogens with one attached hydrogen (secondary N) is 1. The van der Waals surface area contributed by atoms with Gasteiger partial charge < -0.3 is 10.1 Å². The van der Waals surface area contributed by atoms with Gasteiger partial charge in [0.2, 0.25) is 11.6 Å². The van der Waals surface area contributed by atoms with Crippen LogP contribution in [0.25, 0.3) is 10.2 Å². The normalized spacial score (nSPS) is 12.7. The minimum Gasteiger partial charge on any atom is -0.497 e. The second kappa shape index (κ2) is 7.34. The Morgan fingerprint density at radius 1 is 1.10 bits per heavy atom. The first-order valence-electron chi connectivity index (χ1n) is 9.46. The molecule has 0 bridgehead atoms. The van der Waals surface area contributed by atoms with E-state index in [4.69, 9.17) is 4.74 Å². The monoisotopic (exact) mass is 419 g/mol. The van der Waals surface area contributed by atoms with Gasteiger partial charge in [0, 0.05) is 24.2 Å². The van der Waals surface area contributed by atoms with Crippen LogP contribution in [0, 0.1) is 0 Å². The number of anilines is 1. The summed E-state index contributed by atoms with van der Waals surface area (Å²) < 4.78 is 7.82. The first-order chi connectivity index (χ1) is 14.7. The summed E-state index contributed by atoms with van der Waals surface area (Å²) in [5.74, 6) is 0.335. The lowest BCUT2D eigenvalue weighted by Gasteiger charge is -2.14. The Kier molecular flexibility index (Phi) is 4.51. The number of carbonyl (C=O) groups is 2. The number of benzene rings is 2. The first-order valence-corrected chi connectivity index (χ1v) is 10.3. The smallest absolute Gasteiger partial charge is 0.216 e. The van der Waals surface area contributed by atoms with Crippen molar-refractivity contribution >= 4 is 38.3 Å². The van der Waals surface area contributed by atoms with E-state index in [1.807, 2.05) is 18.2 Å². The van der Waals surface area contributed by atoms with E-state index in [1.165, 1.54) is 4.68 Å². The molecule has 1 aliphatic carbocycles. The molecule has 5 rings (SSSR count). The summed E-state index contributed by atoms with van der Waals surface area (Å²) in [6, 6.07) is 12.6. The molecule has 30 heavy (non-hydrogen) atoms. The molecule has 9 heteroatoms. The summed E-state index contributed by atoms with van der Waals surface area (Å²) in [7, 11) is 1.64. The van der Waals surface area contributed by atoms with Gasteiger partial charge in [0.1, 0.15) is 11.4 Å². The standard InChI is InChI=1S/C21H17N5O3S/c1-29-12-7-8-15-16(11-12)30-21(23-15)22-9-4-10-26-18-17(24-25-26)19(27)13-5-2-3-6-14(13)20(18)28/h2-3,5-8,11H,4,9-10H2,1H3,(H,22,23). The molecule has 0 spiro atoms. The molecular weight excluding hydrogens is 402 g/mol. The van der Waals surface area contributed by atoms with Crippen LogP contribution in [0.2, 0.25) is 0 Å². The maximum atomic E-state index is 12.9. The Morgan fingerprint density at radius 3 is 2.70 bits per heavy atom. The molecule has 150 valence electrons. The lowest BCUT2D eigenvalue weighted by molar-refractivity contribution is 0.0970. The number of rotatable bonds is 6. The number of nitrogens with zero attached hydrogens (tertiary/aromatic N) is 4. The molecule has 1 N–H and O–H groups in total. The maximum absolute atomic E-state index is 12.9. The molecule has 4 aromatic rings. The highest BCUT2D eigenvalue weighted by Crippen LogP contribution is 2.29. The van der Waals surface area contributed by atoms with Crippen LogP contribution in [-0.4, -0.2) is 45.2 Å². The van der Waals surface area contributed by atoms with Crippen LogP contribution < -0.4 is 10.1 Å². The Morgan fingerprint density at radius 2 is 1.90 bits per heavy atom. The van der Waals surface area contributed by atoms with E-state index < -0.39 is 0 Å². The number of hydrogen-bond donors (Lipinski definition) is 1. The molecule has 8 nitrogen and oxygen atoms in total. The van der Waals surface area contributed by atoms with E-state index in [0.29, 0.717) is 30.6 Å². The predicted octanol–water partition coefficient (Wildman–Crippen LogP) is 3.17. The Labute approximate surface area is 175 Å². The van der Waals surface area contributed by atoms with Crippen LogP contribution in [0.4, 0.5) is 5.13 Å². The van der Waals surface area contributed by atoms with Crippen LogP contribution in [-0.2, 0) is 6.54 Å². The molecule has 0 radical (unpaired) electrons. The first kappa shape index (κ1) is 18.4. The molecule has 2 aromatic carbocycles. The summed E-state index contributed by atoms with van der Waals surface area (Å²) in [6.45, 7) is 1.11. The highest BCUT2D eigenvalue weighted by atomic mass is 32.1. The van der Waals surface area contributed by atoms with E-state index in [-0.39, 0.29) is 23.0 Å². The van der Waals surface area contributed by atoms with Gasteiger partial charge in [0.05, 0.1) is 17.3 Å². The number of ether oxygens (including phenoxy) is 1. The number of thiazole rings is 1. The van der Waals surface area contributed by atoms with E-state index >= 15 is 0 Å². The topological polar surface area (TPSA) is 99.0 Å². The van der Waals surface area contributed by atoms with E-state index in [9.17, 15) is 9.59 Å². The van der Waals surface area contributed by atoms with Crippen molar-refractivity contribution in [1.82, 2.24) is 20.0 Å². The molecule has 0 saturated carbocycles. The van der Waals surface area contributed by atoms with E-state index in [1.54, 1.807) is 42.7 Å². The minimum atomic E-state index is -0.255. The van der Waals surface area contributed by atoms with Crippen molar-refractivity contribution in [3.8, 4) is 5.75 Å². The van der Waals surface area contributed by atoms with Crippen molar-refractivity contribution in [2.24, 2.45) is 0 Å². The van der Waals surface area contributed by atoms with Crippen molar-refractivity contribution < 1.29 is 14.3 Å². The lowest BCUT2D eigenvalue weighted by atomic mass is 9.90. The second-order valence-electron chi connectivity index (χ2n) is 6.85. The summed E-state index contributed by atoms with van der Waals surface area (Å²) >= 11 is 1.55. The van der Waals surface area contributed by atoms with E-state index in [2.05, 4.69) is 20.6 Å². The van der Waals surface area contributed by atoms with Gasteiger partial charge in [0.25, 0.3) is 0 Å². The van der Waals surface area contributed by atoms with Crippen molar-refractivity contribution in [3.05, 3.63) is 65.0 Å². The third kappa shape index (κ3) is 3.03. The van der Waals surface area contributed by atoms with Gasteiger partial charge in [-0.2, -0.15) is 0 Å². The van der Waals surface area contributed by atoms with Crippen molar-refractivity contribution in [3.63, 3.8) is 0 Å². The highest BCUT2D eigenvalue weighted by molar-refractivity contribution is 7.22. The number of aromatic nitrogens is 4. The molecule has 0 unspecified atom stereocenters. The predicted molar refractivity (Wildman–Crippen MR) is 113 cm³/mol. The SMILES string of the molecule is COc1ccc2nc(NCCCn3nnc4c3C(=O)c3ccccc3C4=O)sc2c1. The summed E-state index contributed by atoms with van der Waals surface area (Å²) in [5.41, 5.74) is 2.10. The van der Waals surface area contributed by atoms with Crippen molar-refractivity contribution in [1.29, 1.82) is 0 Å². The van der Waals surface area contributed by atoms with Gasteiger partial charge in [0.15, 0.2) is 10.8 Å². The summed E-state index contributed by atoms with van der Waals surface area (Å²) in [5, 5.41) is 12.1. The summed E-state index contributed by atoms with van der Waals surface area (Å²) in [4.78, 5) is 30.0. The number of hydrogen-bond acceptors (Lipinski definition) is 8. The van der Waals surface area contributed by atoms with Gasteiger partial charge in [-0.05, 0) is 24.6 Å². The average Bonchev–Trinajstić information content (AvgIpc) is 3.38. The lowest BCUT2D eigenvalue weighted by Crippen LogP contribution is -2.23. The van der Waals surface area contributed by atoms with Crippen LogP contribution in [0.3, 0.4) is 0 Å². The quantitative estimate of drug-likeness (QED) is 0.422. The highest BCUT2D eigenvalue weighted by Gasteiger charge is 2.34. The average molecular weight is 419 g/mol. The second-order valence-corrected chi connectivity index (χ2v) is 7.88. The molecular formula is C21H17N5O3S. The molecule has 2 heterocycles.